The van der Waals surface area contributed by atoms with Crippen LogP contribution in [-0.4, -0.2) is 34.6 Å². The highest BCUT2D eigenvalue weighted by molar-refractivity contribution is 6.30. The number of hydrogen-bond donors (Lipinski definition) is 1. The second-order valence-corrected chi connectivity index (χ2v) is 4.23. The lowest BCUT2D eigenvalue weighted by Gasteiger charge is -2.06. The first-order chi connectivity index (χ1) is 9.17. The molecule has 7 heteroatoms. The third kappa shape index (κ3) is 2.74. The Kier molecular flexibility index (Phi) is 4.13. The van der Waals surface area contributed by atoms with Crippen molar-refractivity contribution in [2.75, 3.05) is 13.7 Å². The van der Waals surface area contributed by atoms with Gasteiger partial charge in [-0.3, -0.25) is 0 Å². The molecule has 0 atom stereocenters. The number of nitrogens with zero attached hydrogens (tertiary/aromatic N) is 3. The van der Waals surface area contributed by atoms with Gasteiger partial charge < -0.3 is 10.5 Å². The molecule has 0 radical (unpaired) electrons. The van der Waals surface area contributed by atoms with E-state index >= 15 is 0 Å². The van der Waals surface area contributed by atoms with E-state index in [4.69, 9.17) is 22.1 Å². The van der Waals surface area contributed by atoms with Gasteiger partial charge in [0.2, 0.25) is 0 Å². The fourth-order valence-corrected chi connectivity index (χ4v) is 1.85. The van der Waals surface area contributed by atoms with Crippen LogP contribution >= 0.6 is 11.6 Å². The molecule has 0 bridgehead atoms. The van der Waals surface area contributed by atoms with Crippen molar-refractivity contribution in [3.63, 3.8) is 0 Å². The van der Waals surface area contributed by atoms with E-state index in [1.54, 1.807) is 28.9 Å². The zero-order chi connectivity index (χ0) is 13.8. The number of esters is 1. The zero-order valence-corrected chi connectivity index (χ0v) is 11.1. The molecule has 1 heterocycles. The minimum atomic E-state index is -0.534. The van der Waals surface area contributed by atoms with E-state index in [0.717, 1.165) is 5.56 Å². The van der Waals surface area contributed by atoms with Gasteiger partial charge in [0.05, 0.1) is 13.7 Å². The Balaban J connectivity index is 2.54. The highest BCUT2D eigenvalue weighted by Crippen LogP contribution is 2.24. The van der Waals surface area contributed by atoms with Crippen molar-refractivity contribution in [1.82, 2.24) is 15.0 Å². The number of aromatic nitrogens is 3. The number of benzene rings is 1. The Morgan fingerprint density at radius 2 is 2.11 bits per heavy atom. The van der Waals surface area contributed by atoms with Crippen molar-refractivity contribution >= 4 is 17.6 Å². The number of halogens is 1. The summed E-state index contributed by atoms with van der Waals surface area (Å²) < 4.78 is 6.28. The molecule has 2 N–H and O–H groups in total. The SMILES string of the molecule is COC(=O)c1nnn(CCN)c1-c1ccc(Cl)cc1. The third-order valence-corrected chi connectivity index (χ3v) is 2.82. The Morgan fingerprint density at radius 1 is 1.42 bits per heavy atom. The minimum absolute atomic E-state index is 0.165. The van der Waals surface area contributed by atoms with Crippen LogP contribution in [0.2, 0.25) is 5.02 Å². The van der Waals surface area contributed by atoms with Gasteiger partial charge in [-0.15, -0.1) is 5.10 Å². The Labute approximate surface area is 115 Å². The largest absolute Gasteiger partial charge is 0.464 e. The van der Waals surface area contributed by atoms with Crippen LogP contribution in [0.5, 0.6) is 0 Å². The molecule has 0 aliphatic rings. The maximum Gasteiger partial charge on any atom is 0.360 e. The number of ether oxygens (including phenoxy) is 1. The smallest absolute Gasteiger partial charge is 0.360 e. The molecule has 19 heavy (non-hydrogen) atoms. The number of hydrogen-bond acceptors (Lipinski definition) is 5. The molecule has 2 aromatic rings. The summed E-state index contributed by atoms with van der Waals surface area (Å²) in [7, 11) is 1.30. The summed E-state index contributed by atoms with van der Waals surface area (Å²) in [5.74, 6) is -0.534. The van der Waals surface area contributed by atoms with Crippen LogP contribution in [0, 0.1) is 0 Å². The first kappa shape index (κ1) is 13.5. The molecule has 2 rings (SSSR count). The maximum absolute atomic E-state index is 11.7. The number of carbonyl (C=O) groups excluding carboxylic acids is 1. The van der Waals surface area contributed by atoms with Crippen molar-refractivity contribution < 1.29 is 9.53 Å². The summed E-state index contributed by atoms with van der Waals surface area (Å²) in [6.45, 7) is 0.854. The lowest BCUT2D eigenvalue weighted by atomic mass is 10.1. The molecule has 1 aromatic heterocycles. The van der Waals surface area contributed by atoms with Crippen molar-refractivity contribution in [3.8, 4) is 11.3 Å². The molecule has 0 saturated heterocycles. The van der Waals surface area contributed by atoms with Crippen LogP contribution in [0.25, 0.3) is 11.3 Å². The first-order valence-electron chi connectivity index (χ1n) is 5.65. The van der Waals surface area contributed by atoms with Crippen LogP contribution in [0.3, 0.4) is 0 Å². The molecule has 6 nitrogen and oxygen atoms in total. The summed E-state index contributed by atoms with van der Waals surface area (Å²) in [5, 5.41) is 8.39. The molecular weight excluding hydrogens is 268 g/mol. The summed E-state index contributed by atoms with van der Waals surface area (Å²) in [6, 6.07) is 7.05. The van der Waals surface area contributed by atoms with E-state index < -0.39 is 5.97 Å². The van der Waals surface area contributed by atoms with E-state index in [9.17, 15) is 4.79 Å². The fraction of sp³-hybridized carbons (Fsp3) is 0.250. The molecule has 0 saturated carbocycles. The predicted octanol–water partition coefficient (Wildman–Crippen LogP) is 1.34. The van der Waals surface area contributed by atoms with Gasteiger partial charge in [0.1, 0.15) is 5.69 Å². The van der Waals surface area contributed by atoms with Crippen LogP contribution < -0.4 is 5.73 Å². The van der Waals surface area contributed by atoms with Gasteiger partial charge >= 0.3 is 5.97 Å². The van der Waals surface area contributed by atoms with Crippen LogP contribution in [-0.2, 0) is 11.3 Å². The Morgan fingerprint density at radius 3 is 2.68 bits per heavy atom. The molecule has 0 fully saturated rings. The highest BCUT2D eigenvalue weighted by Gasteiger charge is 2.21. The standard InChI is InChI=1S/C12H13ClN4O2/c1-19-12(18)10-11(17(7-6-14)16-15-10)8-2-4-9(13)5-3-8/h2-5H,6-7,14H2,1H3. The number of rotatable bonds is 4. The van der Waals surface area contributed by atoms with Crippen LogP contribution in [0.15, 0.2) is 24.3 Å². The van der Waals surface area contributed by atoms with E-state index in [1.165, 1.54) is 7.11 Å². The van der Waals surface area contributed by atoms with Gasteiger partial charge in [-0.1, -0.05) is 28.9 Å². The number of methoxy groups -OCH3 is 1. The van der Waals surface area contributed by atoms with Crippen LogP contribution in [0.1, 0.15) is 10.5 Å². The van der Waals surface area contributed by atoms with Crippen molar-refractivity contribution in [1.29, 1.82) is 0 Å². The summed E-state index contributed by atoms with van der Waals surface area (Å²) >= 11 is 5.85. The Hall–Kier alpha value is -1.92. The molecule has 1 aromatic carbocycles. The monoisotopic (exact) mass is 280 g/mol. The Bertz CT molecular complexity index is 580. The van der Waals surface area contributed by atoms with Gasteiger partial charge in [0.25, 0.3) is 0 Å². The highest BCUT2D eigenvalue weighted by atomic mass is 35.5. The van der Waals surface area contributed by atoms with E-state index in [-0.39, 0.29) is 5.69 Å². The van der Waals surface area contributed by atoms with Crippen molar-refractivity contribution in [2.24, 2.45) is 5.73 Å². The lowest BCUT2D eigenvalue weighted by Crippen LogP contribution is -2.13. The quantitative estimate of drug-likeness (QED) is 0.855. The molecule has 0 aliphatic heterocycles. The van der Waals surface area contributed by atoms with Gasteiger partial charge in [-0.2, -0.15) is 0 Å². The topological polar surface area (TPSA) is 83.0 Å². The van der Waals surface area contributed by atoms with Crippen molar-refractivity contribution in [3.05, 3.63) is 35.0 Å². The van der Waals surface area contributed by atoms with Gasteiger partial charge in [-0.25, -0.2) is 9.48 Å². The fourth-order valence-electron chi connectivity index (χ4n) is 1.72. The zero-order valence-electron chi connectivity index (χ0n) is 10.3. The normalized spacial score (nSPS) is 10.5. The van der Waals surface area contributed by atoms with Gasteiger partial charge in [0, 0.05) is 17.1 Å². The molecule has 0 amide bonds. The molecule has 0 aliphatic carbocycles. The summed E-state index contributed by atoms with van der Waals surface area (Å²) in [4.78, 5) is 11.7. The average Bonchev–Trinajstić information content (AvgIpc) is 2.83. The second kappa shape index (κ2) is 5.81. The van der Waals surface area contributed by atoms with E-state index in [0.29, 0.717) is 23.8 Å². The summed E-state index contributed by atoms with van der Waals surface area (Å²) in [5.41, 5.74) is 7.05. The van der Waals surface area contributed by atoms with Gasteiger partial charge in [0.15, 0.2) is 5.69 Å². The predicted molar refractivity (Wildman–Crippen MR) is 70.9 cm³/mol. The van der Waals surface area contributed by atoms with Gasteiger partial charge in [-0.05, 0) is 12.1 Å². The first-order valence-corrected chi connectivity index (χ1v) is 6.03. The van der Waals surface area contributed by atoms with E-state index in [1.807, 2.05) is 0 Å². The number of nitrogens with two attached hydrogens (primary N) is 1. The maximum atomic E-state index is 11.7. The second-order valence-electron chi connectivity index (χ2n) is 3.80. The molecular formula is C12H13ClN4O2. The molecule has 100 valence electrons. The van der Waals surface area contributed by atoms with Crippen molar-refractivity contribution in [2.45, 2.75) is 6.54 Å². The van der Waals surface area contributed by atoms with Crippen LogP contribution in [0.4, 0.5) is 0 Å². The number of carbonyl (C=O) groups is 1. The third-order valence-electron chi connectivity index (χ3n) is 2.57. The minimum Gasteiger partial charge on any atom is -0.464 e. The van der Waals surface area contributed by atoms with E-state index in [2.05, 4.69) is 10.3 Å². The molecule has 0 unspecified atom stereocenters. The average molecular weight is 281 g/mol. The summed E-state index contributed by atoms with van der Waals surface area (Å²) in [6.07, 6.45) is 0. The molecule has 0 spiro atoms. The lowest BCUT2D eigenvalue weighted by molar-refractivity contribution is 0.0595.